The zero-order valence-corrected chi connectivity index (χ0v) is 17.1. The zero-order chi connectivity index (χ0) is 20.9. The molecule has 1 atom stereocenters. The molecule has 4 heteroatoms. The number of hydrogen-bond donors (Lipinski definition) is 1. The Hall–Kier alpha value is -3.40. The van der Waals surface area contributed by atoms with Crippen LogP contribution in [0.15, 0.2) is 72.8 Å². The van der Waals surface area contributed by atoms with E-state index in [0.717, 1.165) is 27.9 Å². The van der Waals surface area contributed by atoms with Crippen molar-refractivity contribution in [3.63, 3.8) is 0 Å². The number of aryl methyl sites for hydroxylation is 1. The normalized spacial score (nSPS) is 15.6. The van der Waals surface area contributed by atoms with Crippen molar-refractivity contribution in [1.82, 2.24) is 0 Å². The number of nitrogens with one attached hydrogen (secondary N) is 1. The summed E-state index contributed by atoms with van der Waals surface area (Å²) in [4.78, 5) is 24.8. The molecule has 30 heavy (non-hydrogen) atoms. The van der Waals surface area contributed by atoms with Crippen molar-refractivity contribution in [3.05, 3.63) is 101 Å². The summed E-state index contributed by atoms with van der Waals surface area (Å²) in [5, 5.41) is 3.52. The quantitative estimate of drug-likeness (QED) is 0.617. The molecule has 0 fully saturated rings. The van der Waals surface area contributed by atoms with E-state index in [4.69, 9.17) is 4.74 Å². The van der Waals surface area contributed by atoms with Gasteiger partial charge in [0.15, 0.2) is 0 Å². The van der Waals surface area contributed by atoms with Crippen LogP contribution in [0.1, 0.15) is 40.3 Å². The van der Waals surface area contributed by atoms with Gasteiger partial charge >= 0.3 is 5.97 Å². The van der Waals surface area contributed by atoms with Gasteiger partial charge in [-0.1, -0.05) is 72.3 Å². The van der Waals surface area contributed by atoms with Crippen LogP contribution in [0.4, 0.5) is 5.69 Å². The Kier molecular flexibility index (Phi) is 5.94. The number of esters is 1. The summed E-state index contributed by atoms with van der Waals surface area (Å²) in [7, 11) is 0. The lowest BCUT2D eigenvalue weighted by Gasteiger charge is -2.19. The van der Waals surface area contributed by atoms with Gasteiger partial charge in [0.2, 0.25) is 0 Å². The van der Waals surface area contributed by atoms with Crippen molar-refractivity contribution in [2.75, 3.05) is 5.32 Å². The molecule has 0 amide bonds. The first-order valence-corrected chi connectivity index (χ1v) is 10.2. The van der Waals surface area contributed by atoms with Gasteiger partial charge in [0, 0.05) is 18.5 Å². The minimum atomic E-state index is -0.274. The second-order valence-electron chi connectivity index (χ2n) is 7.85. The standard InChI is InChI=1S/C26H25NO3/c1-18-6-5-9-21(12-18)25-16-23(28)15-22-13-20(10-11-24(22)27-25)14-26(29)30-17-19-7-3-2-4-8-19/h2-13,25,27H,14-17H2,1H3. The first-order chi connectivity index (χ1) is 14.6. The van der Waals surface area contributed by atoms with Crippen molar-refractivity contribution in [1.29, 1.82) is 0 Å². The number of anilines is 1. The first-order valence-electron chi connectivity index (χ1n) is 10.2. The third-order valence-electron chi connectivity index (χ3n) is 5.35. The number of hydrogen-bond acceptors (Lipinski definition) is 4. The molecule has 0 aromatic heterocycles. The van der Waals surface area contributed by atoms with Crippen LogP contribution in [-0.2, 0) is 33.8 Å². The van der Waals surface area contributed by atoms with E-state index in [-0.39, 0.29) is 30.8 Å². The third kappa shape index (κ3) is 4.95. The maximum atomic E-state index is 12.6. The van der Waals surface area contributed by atoms with Gasteiger partial charge in [0.05, 0.1) is 12.5 Å². The smallest absolute Gasteiger partial charge is 0.310 e. The summed E-state index contributed by atoms with van der Waals surface area (Å²) in [5.41, 5.74) is 6.00. The van der Waals surface area contributed by atoms with Crippen LogP contribution < -0.4 is 5.32 Å². The first kappa shape index (κ1) is 19.9. The van der Waals surface area contributed by atoms with Crippen LogP contribution in [0.25, 0.3) is 0 Å². The number of benzene rings is 3. The maximum Gasteiger partial charge on any atom is 0.310 e. The Balaban J connectivity index is 1.45. The molecule has 1 heterocycles. The lowest BCUT2D eigenvalue weighted by molar-refractivity contribution is -0.144. The van der Waals surface area contributed by atoms with Gasteiger partial charge in [0.25, 0.3) is 0 Å². The Morgan fingerprint density at radius 3 is 2.63 bits per heavy atom. The van der Waals surface area contributed by atoms with E-state index in [9.17, 15) is 9.59 Å². The molecular formula is C26H25NO3. The monoisotopic (exact) mass is 399 g/mol. The van der Waals surface area contributed by atoms with E-state index < -0.39 is 0 Å². The summed E-state index contributed by atoms with van der Waals surface area (Å²) >= 11 is 0. The van der Waals surface area contributed by atoms with Crippen LogP contribution >= 0.6 is 0 Å². The molecule has 3 aromatic carbocycles. The Morgan fingerprint density at radius 1 is 1.00 bits per heavy atom. The van der Waals surface area contributed by atoms with Crippen molar-refractivity contribution >= 4 is 17.4 Å². The SMILES string of the molecule is Cc1cccc(C2CC(=O)Cc3cc(CC(=O)OCc4ccccc4)ccc3N2)c1. The molecule has 4 nitrogen and oxygen atoms in total. The number of ether oxygens (including phenoxy) is 1. The largest absolute Gasteiger partial charge is 0.461 e. The number of carbonyl (C=O) groups excluding carboxylic acids is 2. The summed E-state index contributed by atoms with van der Waals surface area (Å²) in [6, 6.07) is 23.7. The molecule has 1 N–H and O–H groups in total. The second-order valence-corrected chi connectivity index (χ2v) is 7.85. The summed E-state index contributed by atoms with van der Waals surface area (Å²) in [5.74, 6) is -0.0825. The molecule has 0 bridgehead atoms. The van der Waals surface area contributed by atoms with Crippen molar-refractivity contribution in [3.8, 4) is 0 Å². The molecule has 0 spiro atoms. The van der Waals surface area contributed by atoms with Crippen LogP contribution in [0.3, 0.4) is 0 Å². The number of Topliss-reactive ketones (excluding diaryl/α,β-unsaturated/α-hetero) is 1. The van der Waals surface area contributed by atoms with Gasteiger partial charge in [-0.3, -0.25) is 9.59 Å². The number of ketones is 1. The molecule has 3 aromatic rings. The summed E-state index contributed by atoms with van der Waals surface area (Å²) in [6.07, 6.45) is 1.01. The Bertz CT molecular complexity index is 1060. The van der Waals surface area contributed by atoms with Gasteiger partial charge in [-0.15, -0.1) is 0 Å². The highest BCUT2D eigenvalue weighted by Crippen LogP contribution is 2.31. The van der Waals surface area contributed by atoms with E-state index in [2.05, 4.69) is 30.4 Å². The van der Waals surface area contributed by atoms with Gasteiger partial charge in [0.1, 0.15) is 12.4 Å². The van der Waals surface area contributed by atoms with E-state index in [1.54, 1.807) is 0 Å². The molecule has 1 aliphatic heterocycles. The lowest BCUT2D eigenvalue weighted by Crippen LogP contribution is -2.13. The Labute approximate surface area is 176 Å². The van der Waals surface area contributed by atoms with Crippen molar-refractivity contribution in [2.45, 2.75) is 38.8 Å². The highest BCUT2D eigenvalue weighted by atomic mass is 16.5. The van der Waals surface area contributed by atoms with E-state index in [0.29, 0.717) is 12.8 Å². The molecule has 0 saturated carbocycles. The third-order valence-corrected chi connectivity index (χ3v) is 5.35. The topological polar surface area (TPSA) is 55.4 Å². The number of rotatable bonds is 5. The van der Waals surface area contributed by atoms with Crippen LogP contribution in [0, 0.1) is 6.92 Å². The zero-order valence-electron chi connectivity index (χ0n) is 17.1. The molecule has 1 unspecified atom stereocenters. The number of carbonyl (C=O) groups is 2. The molecule has 0 saturated heterocycles. The lowest BCUT2D eigenvalue weighted by atomic mass is 9.99. The fourth-order valence-electron chi connectivity index (χ4n) is 3.84. The fourth-order valence-corrected chi connectivity index (χ4v) is 3.84. The summed E-state index contributed by atoms with van der Waals surface area (Å²) < 4.78 is 5.39. The molecule has 1 aliphatic rings. The maximum absolute atomic E-state index is 12.6. The Morgan fingerprint density at radius 2 is 1.83 bits per heavy atom. The molecule has 0 radical (unpaired) electrons. The van der Waals surface area contributed by atoms with Gasteiger partial charge in [-0.05, 0) is 35.2 Å². The second kappa shape index (κ2) is 8.95. The molecular weight excluding hydrogens is 374 g/mol. The average Bonchev–Trinajstić information content (AvgIpc) is 2.91. The van der Waals surface area contributed by atoms with Gasteiger partial charge in [-0.2, -0.15) is 0 Å². The van der Waals surface area contributed by atoms with Crippen molar-refractivity contribution in [2.24, 2.45) is 0 Å². The highest BCUT2D eigenvalue weighted by Gasteiger charge is 2.23. The minimum Gasteiger partial charge on any atom is -0.461 e. The van der Waals surface area contributed by atoms with Crippen LogP contribution in [0.5, 0.6) is 0 Å². The van der Waals surface area contributed by atoms with Gasteiger partial charge in [-0.25, -0.2) is 0 Å². The van der Waals surface area contributed by atoms with E-state index >= 15 is 0 Å². The minimum absolute atomic E-state index is 0.0414. The fraction of sp³-hybridized carbons (Fsp3) is 0.231. The molecule has 0 aliphatic carbocycles. The van der Waals surface area contributed by atoms with E-state index in [1.807, 2.05) is 54.6 Å². The predicted molar refractivity (Wildman–Crippen MR) is 117 cm³/mol. The van der Waals surface area contributed by atoms with E-state index in [1.165, 1.54) is 5.56 Å². The van der Waals surface area contributed by atoms with Crippen LogP contribution in [-0.4, -0.2) is 11.8 Å². The highest BCUT2D eigenvalue weighted by molar-refractivity contribution is 5.85. The number of fused-ring (bicyclic) bond motifs is 1. The molecule has 152 valence electrons. The summed E-state index contributed by atoms with van der Waals surface area (Å²) in [6.45, 7) is 2.32. The van der Waals surface area contributed by atoms with Crippen LogP contribution in [0.2, 0.25) is 0 Å². The average molecular weight is 399 g/mol. The predicted octanol–water partition coefficient (Wildman–Crippen LogP) is 4.95. The van der Waals surface area contributed by atoms with Gasteiger partial charge < -0.3 is 10.1 Å². The van der Waals surface area contributed by atoms with Crippen molar-refractivity contribution < 1.29 is 14.3 Å². The molecule has 4 rings (SSSR count).